The molecule has 0 radical (unpaired) electrons. The summed E-state index contributed by atoms with van der Waals surface area (Å²) in [6.07, 6.45) is 0.337. The van der Waals surface area contributed by atoms with Gasteiger partial charge < -0.3 is 20.1 Å². The van der Waals surface area contributed by atoms with Gasteiger partial charge in [0.05, 0.1) is 19.6 Å². The summed E-state index contributed by atoms with van der Waals surface area (Å²) in [6, 6.07) is 7.61. The first-order valence-corrected chi connectivity index (χ1v) is 6.71. The quantitative estimate of drug-likeness (QED) is 0.777. The van der Waals surface area contributed by atoms with Crippen LogP contribution in [0.5, 0.6) is 5.75 Å². The van der Waals surface area contributed by atoms with Gasteiger partial charge in [0.15, 0.2) is 0 Å². The second-order valence-corrected chi connectivity index (χ2v) is 4.90. The SMILES string of the molecule is COCC(N)CN(C)C(=O)CCOc1cccc(C)c1. The minimum absolute atomic E-state index is 0.0178. The zero-order chi connectivity index (χ0) is 15.0. The van der Waals surface area contributed by atoms with Crippen LogP contribution in [-0.4, -0.2) is 50.8 Å². The maximum Gasteiger partial charge on any atom is 0.225 e. The molecule has 20 heavy (non-hydrogen) atoms. The number of carbonyl (C=O) groups excluding carboxylic acids is 1. The number of benzene rings is 1. The van der Waals surface area contributed by atoms with Crippen molar-refractivity contribution in [3.8, 4) is 5.75 Å². The van der Waals surface area contributed by atoms with Crippen molar-refractivity contribution in [2.24, 2.45) is 5.73 Å². The number of methoxy groups -OCH3 is 1. The molecule has 0 spiro atoms. The smallest absolute Gasteiger partial charge is 0.225 e. The molecule has 0 fully saturated rings. The fourth-order valence-electron chi connectivity index (χ4n) is 1.87. The van der Waals surface area contributed by atoms with Crippen molar-refractivity contribution in [2.75, 3.05) is 33.9 Å². The number of ether oxygens (including phenoxy) is 2. The van der Waals surface area contributed by atoms with Crippen molar-refractivity contribution >= 4 is 5.91 Å². The second-order valence-electron chi connectivity index (χ2n) is 4.90. The molecule has 0 saturated carbocycles. The number of aryl methyl sites for hydroxylation is 1. The van der Waals surface area contributed by atoms with Crippen molar-refractivity contribution in [1.82, 2.24) is 4.90 Å². The predicted molar refractivity (Wildman–Crippen MR) is 78.8 cm³/mol. The van der Waals surface area contributed by atoms with Gasteiger partial charge in [-0.05, 0) is 24.6 Å². The van der Waals surface area contributed by atoms with E-state index in [1.165, 1.54) is 0 Å². The Hall–Kier alpha value is -1.59. The number of carbonyl (C=O) groups is 1. The third-order valence-corrected chi connectivity index (χ3v) is 2.89. The second kappa shape index (κ2) is 8.55. The number of nitrogens with zero attached hydrogens (tertiary/aromatic N) is 1. The van der Waals surface area contributed by atoms with Gasteiger partial charge in [-0.2, -0.15) is 0 Å². The normalized spacial score (nSPS) is 12.0. The van der Waals surface area contributed by atoms with Crippen LogP contribution >= 0.6 is 0 Å². The van der Waals surface area contributed by atoms with Gasteiger partial charge in [0, 0.05) is 26.7 Å². The molecule has 2 N–H and O–H groups in total. The predicted octanol–water partition coefficient (Wildman–Crippen LogP) is 1.20. The van der Waals surface area contributed by atoms with E-state index >= 15 is 0 Å². The highest BCUT2D eigenvalue weighted by Crippen LogP contribution is 2.12. The van der Waals surface area contributed by atoms with Crippen LogP contribution in [0.25, 0.3) is 0 Å². The maximum absolute atomic E-state index is 11.9. The zero-order valence-electron chi connectivity index (χ0n) is 12.5. The van der Waals surface area contributed by atoms with E-state index in [1.807, 2.05) is 31.2 Å². The van der Waals surface area contributed by atoms with Crippen LogP contribution in [0.1, 0.15) is 12.0 Å². The lowest BCUT2D eigenvalue weighted by atomic mass is 10.2. The average Bonchev–Trinajstić information content (AvgIpc) is 2.38. The summed E-state index contributed by atoms with van der Waals surface area (Å²) < 4.78 is 10.5. The van der Waals surface area contributed by atoms with Crippen LogP contribution in [0.4, 0.5) is 0 Å². The molecule has 5 heteroatoms. The maximum atomic E-state index is 11.9. The number of hydrogen-bond donors (Lipinski definition) is 1. The third kappa shape index (κ3) is 6.04. The van der Waals surface area contributed by atoms with Crippen LogP contribution in [0.3, 0.4) is 0 Å². The van der Waals surface area contributed by atoms with E-state index in [0.29, 0.717) is 26.2 Å². The molecule has 0 aliphatic rings. The fourth-order valence-corrected chi connectivity index (χ4v) is 1.87. The van der Waals surface area contributed by atoms with E-state index in [4.69, 9.17) is 15.2 Å². The molecule has 0 heterocycles. The first-order chi connectivity index (χ1) is 9.52. The number of hydrogen-bond acceptors (Lipinski definition) is 4. The van der Waals surface area contributed by atoms with Gasteiger partial charge >= 0.3 is 0 Å². The van der Waals surface area contributed by atoms with Crippen LogP contribution < -0.4 is 10.5 Å². The Morgan fingerprint density at radius 3 is 2.85 bits per heavy atom. The number of nitrogens with two attached hydrogens (primary N) is 1. The molecular formula is C15H24N2O3. The lowest BCUT2D eigenvalue weighted by molar-refractivity contribution is -0.130. The van der Waals surface area contributed by atoms with E-state index in [9.17, 15) is 4.79 Å². The topological polar surface area (TPSA) is 64.8 Å². The molecule has 0 bridgehead atoms. The molecule has 1 unspecified atom stereocenters. The highest BCUT2D eigenvalue weighted by atomic mass is 16.5. The lowest BCUT2D eigenvalue weighted by Gasteiger charge is -2.21. The largest absolute Gasteiger partial charge is 0.493 e. The van der Waals surface area contributed by atoms with Crippen LogP contribution in [0, 0.1) is 6.92 Å². The Kier molecular flexibility index (Phi) is 7.04. The van der Waals surface area contributed by atoms with E-state index in [2.05, 4.69) is 0 Å². The minimum Gasteiger partial charge on any atom is -0.493 e. The van der Waals surface area contributed by atoms with Gasteiger partial charge in [-0.15, -0.1) is 0 Å². The highest BCUT2D eigenvalue weighted by molar-refractivity contribution is 5.76. The van der Waals surface area contributed by atoms with Gasteiger partial charge in [0.2, 0.25) is 5.91 Å². The Morgan fingerprint density at radius 1 is 1.45 bits per heavy atom. The molecule has 1 atom stereocenters. The first-order valence-electron chi connectivity index (χ1n) is 6.71. The van der Waals surface area contributed by atoms with Gasteiger partial charge in [-0.25, -0.2) is 0 Å². The van der Waals surface area contributed by atoms with E-state index < -0.39 is 0 Å². The minimum atomic E-state index is -0.161. The monoisotopic (exact) mass is 280 g/mol. The lowest BCUT2D eigenvalue weighted by Crippen LogP contribution is -2.41. The number of likely N-dealkylation sites (N-methyl/N-ethyl adjacent to an activating group) is 1. The summed E-state index contributed by atoms with van der Waals surface area (Å²) in [4.78, 5) is 13.5. The summed E-state index contributed by atoms with van der Waals surface area (Å²) in [6.45, 7) is 3.30. The van der Waals surface area contributed by atoms with Crippen molar-refractivity contribution in [3.63, 3.8) is 0 Å². The van der Waals surface area contributed by atoms with E-state index in [-0.39, 0.29) is 11.9 Å². The molecule has 0 saturated heterocycles. The molecule has 1 amide bonds. The Labute approximate surface area is 120 Å². The fraction of sp³-hybridized carbons (Fsp3) is 0.533. The Bertz CT molecular complexity index is 423. The molecular weight excluding hydrogens is 256 g/mol. The van der Waals surface area contributed by atoms with E-state index in [1.54, 1.807) is 19.1 Å². The van der Waals surface area contributed by atoms with Crippen molar-refractivity contribution in [2.45, 2.75) is 19.4 Å². The number of rotatable bonds is 8. The summed E-state index contributed by atoms with van der Waals surface area (Å²) in [7, 11) is 3.34. The Balaban J connectivity index is 2.28. The summed E-state index contributed by atoms with van der Waals surface area (Å²) in [5.74, 6) is 0.806. The Morgan fingerprint density at radius 2 is 2.20 bits per heavy atom. The highest BCUT2D eigenvalue weighted by Gasteiger charge is 2.12. The van der Waals surface area contributed by atoms with Crippen molar-refractivity contribution in [3.05, 3.63) is 29.8 Å². The summed E-state index contributed by atoms with van der Waals surface area (Å²) in [5, 5.41) is 0. The number of amides is 1. The van der Waals surface area contributed by atoms with Gasteiger partial charge in [0.1, 0.15) is 5.75 Å². The molecule has 0 aromatic heterocycles. The van der Waals surface area contributed by atoms with Crippen molar-refractivity contribution < 1.29 is 14.3 Å². The summed E-state index contributed by atoms with van der Waals surface area (Å²) >= 11 is 0. The molecule has 112 valence electrons. The van der Waals surface area contributed by atoms with Crippen LogP contribution in [0.2, 0.25) is 0 Å². The van der Waals surface area contributed by atoms with E-state index in [0.717, 1.165) is 11.3 Å². The van der Waals surface area contributed by atoms with Gasteiger partial charge in [-0.1, -0.05) is 12.1 Å². The summed E-state index contributed by atoms with van der Waals surface area (Å²) in [5.41, 5.74) is 6.94. The standard InChI is InChI=1S/C15H24N2O3/c1-12-5-4-6-14(9-12)20-8-7-15(18)17(2)10-13(16)11-19-3/h4-6,9,13H,7-8,10-11,16H2,1-3H3. The molecule has 1 rings (SSSR count). The first kappa shape index (κ1) is 16.5. The molecule has 5 nitrogen and oxygen atoms in total. The molecule has 1 aromatic carbocycles. The molecule has 1 aromatic rings. The van der Waals surface area contributed by atoms with Crippen LogP contribution in [0.15, 0.2) is 24.3 Å². The van der Waals surface area contributed by atoms with Gasteiger partial charge in [0.25, 0.3) is 0 Å². The third-order valence-electron chi connectivity index (χ3n) is 2.89. The average molecular weight is 280 g/mol. The van der Waals surface area contributed by atoms with Gasteiger partial charge in [-0.3, -0.25) is 4.79 Å². The molecule has 0 aliphatic carbocycles. The van der Waals surface area contributed by atoms with Crippen molar-refractivity contribution in [1.29, 1.82) is 0 Å². The van der Waals surface area contributed by atoms with Crippen LogP contribution in [-0.2, 0) is 9.53 Å². The zero-order valence-corrected chi connectivity index (χ0v) is 12.5. The molecule has 0 aliphatic heterocycles.